The Morgan fingerprint density at radius 1 is 1.20 bits per heavy atom. The molecule has 15 heavy (non-hydrogen) atoms. The number of rotatable bonds is 7. The zero-order chi connectivity index (χ0) is 10.9. The maximum atomic E-state index is 5.48. The van der Waals surface area contributed by atoms with E-state index in [1.807, 2.05) is 30.3 Å². The van der Waals surface area contributed by atoms with Gasteiger partial charge in [0.05, 0.1) is 13.2 Å². The van der Waals surface area contributed by atoms with Gasteiger partial charge in [0.15, 0.2) is 0 Å². The highest BCUT2D eigenvalue weighted by Gasteiger charge is 1.99. The molecule has 2 nitrogen and oxygen atoms in total. The number of halogens is 1. The van der Waals surface area contributed by atoms with Gasteiger partial charge in [0.1, 0.15) is 12.4 Å². The molecule has 0 saturated carbocycles. The highest BCUT2D eigenvalue weighted by Crippen LogP contribution is 2.07. The van der Waals surface area contributed by atoms with E-state index in [0.717, 1.165) is 17.7 Å². The predicted octanol–water partition coefficient (Wildman–Crippen LogP) is 3.11. The lowest BCUT2D eigenvalue weighted by Gasteiger charge is -2.09. The molecule has 0 fully saturated rings. The van der Waals surface area contributed by atoms with Crippen LogP contribution in [0.1, 0.15) is 6.92 Å². The molecule has 0 aromatic heterocycles. The van der Waals surface area contributed by atoms with Gasteiger partial charge in [-0.2, -0.15) is 0 Å². The molecule has 3 heteroatoms. The lowest BCUT2D eigenvalue weighted by molar-refractivity contribution is 0.0830. The van der Waals surface area contributed by atoms with E-state index in [1.54, 1.807) is 0 Å². The van der Waals surface area contributed by atoms with Crippen LogP contribution in [0.2, 0.25) is 0 Å². The summed E-state index contributed by atoms with van der Waals surface area (Å²) in [6, 6.07) is 9.79. The van der Waals surface area contributed by atoms with Crippen LogP contribution >= 0.6 is 15.9 Å². The first-order valence-electron chi connectivity index (χ1n) is 5.14. The topological polar surface area (TPSA) is 18.5 Å². The second-order valence-electron chi connectivity index (χ2n) is 3.50. The van der Waals surface area contributed by atoms with Crippen LogP contribution in [0.25, 0.3) is 0 Å². The predicted molar refractivity (Wildman–Crippen MR) is 65.7 cm³/mol. The van der Waals surface area contributed by atoms with Crippen molar-refractivity contribution in [2.45, 2.75) is 6.92 Å². The Labute approximate surface area is 99.7 Å². The molecule has 1 aromatic carbocycles. The largest absolute Gasteiger partial charge is 0.491 e. The zero-order valence-electron chi connectivity index (χ0n) is 8.99. The minimum atomic E-state index is 0.557. The highest BCUT2D eigenvalue weighted by molar-refractivity contribution is 9.09. The minimum Gasteiger partial charge on any atom is -0.491 e. The van der Waals surface area contributed by atoms with Gasteiger partial charge in [-0.1, -0.05) is 41.1 Å². The lowest BCUT2D eigenvalue weighted by Crippen LogP contribution is -2.12. The van der Waals surface area contributed by atoms with Crippen LogP contribution in [0.3, 0.4) is 0 Å². The van der Waals surface area contributed by atoms with E-state index in [1.165, 1.54) is 0 Å². The third-order valence-corrected chi connectivity index (χ3v) is 3.01. The first-order chi connectivity index (χ1) is 7.33. The lowest BCUT2D eigenvalue weighted by atomic mass is 10.2. The molecule has 0 bridgehead atoms. The molecule has 0 radical (unpaired) electrons. The third-order valence-electron chi connectivity index (χ3n) is 1.91. The Hall–Kier alpha value is -0.540. The SMILES string of the molecule is CC(CBr)COCCOc1ccccc1. The van der Waals surface area contributed by atoms with Crippen LogP contribution in [0, 0.1) is 5.92 Å². The van der Waals surface area contributed by atoms with Crippen molar-refractivity contribution in [1.82, 2.24) is 0 Å². The minimum absolute atomic E-state index is 0.557. The molecular weight excluding hydrogens is 256 g/mol. The van der Waals surface area contributed by atoms with Crippen LogP contribution in [0.5, 0.6) is 5.75 Å². The summed E-state index contributed by atoms with van der Waals surface area (Å²) in [4.78, 5) is 0. The van der Waals surface area contributed by atoms with Gasteiger partial charge in [-0.15, -0.1) is 0 Å². The van der Waals surface area contributed by atoms with Crippen molar-refractivity contribution >= 4 is 15.9 Å². The summed E-state index contributed by atoms with van der Waals surface area (Å²) >= 11 is 3.41. The van der Waals surface area contributed by atoms with Crippen LogP contribution in [0.4, 0.5) is 0 Å². The summed E-state index contributed by atoms with van der Waals surface area (Å²) in [5.41, 5.74) is 0. The average Bonchev–Trinajstić information content (AvgIpc) is 2.29. The molecule has 0 N–H and O–H groups in total. The van der Waals surface area contributed by atoms with Gasteiger partial charge in [-0.25, -0.2) is 0 Å². The van der Waals surface area contributed by atoms with Crippen molar-refractivity contribution in [2.24, 2.45) is 5.92 Å². The summed E-state index contributed by atoms with van der Waals surface area (Å²) < 4.78 is 10.9. The van der Waals surface area contributed by atoms with Crippen molar-refractivity contribution in [1.29, 1.82) is 0 Å². The van der Waals surface area contributed by atoms with Crippen LogP contribution in [-0.4, -0.2) is 25.2 Å². The Morgan fingerprint density at radius 2 is 1.93 bits per heavy atom. The normalized spacial score (nSPS) is 12.4. The van der Waals surface area contributed by atoms with Gasteiger partial charge in [0.2, 0.25) is 0 Å². The van der Waals surface area contributed by atoms with Gasteiger partial charge < -0.3 is 9.47 Å². The van der Waals surface area contributed by atoms with Gasteiger partial charge in [0.25, 0.3) is 0 Å². The molecule has 0 aliphatic heterocycles. The first kappa shape index (κ1) is 12.5. The van der Waals surface area contributed by atoms with Crippen molar-refractivity contribution in [3.8, 4) is 5.75 Å². The summed E-state index contributed by atoms with van der Waals surface area (Å²) in [5, 5.41) is 0.979. The van der Waals surface area contributed by atoms with Crippen molar-refractivity contribution in [3.63, 3.8) is 0 Å². The summed E-state index contributed by atoms with van der Waals surface area (Å²) in [7, 11) is 0. The van der Waals surface area contributed by atoms with Gasteiger partial charge >= 0.3 is 0 Å². The molecule has 84 valence electrons. The van der Waals surface area contributed by atoms with E-state index >= 15 is 0 Å². The Morgan fingerprint density at radius 3 is 2.60 bits per heavy atom. The number of alkyl halides is 1. The number of benzene rings is 1. The molecule has 1 rings (SSSR count). The monoisotopic (exact) mass is 272 g/mol. The van der Waals surface area contributed by atoms with E-state index in [4.69, 9.17) is 9.47 Å². The molecule has 1 atom stereocenters. The fourth-order valence-corrected chi connectivity index (χ4v) is 1.25. The first-order valence-corrected chi connectivity index (χ1v) is 6.26. The Bertz CT molecular complexity index is 251. The van der Waals surface area contributed by atoms with Gasteiger partial charge in [-0.3, -0.25) is 0 Å². The van der Waals surface area contributed by atoms with Crippen molar-refractivity contribution in [2.75, 3.05) is 25.2 Å². The van der Waals surface area contributed by atoms with Crippen molar-refractivity contribution < 1.29 is 9.47 Å². The van der Waals surface area contributed by atoms with Gasteiger partial charge in [0, 0.05) is 5.33 Å². The molecule has 0 heterocycles. The summed E-state index contributed by atoms with van der Waals surface area (Å²) in [6.45, 7) is 4.18. The standard InChI is InChI=1S/C12H17BrO2/c1-11(9-13)10-14-7-8-15-12-5-3-2-4-6-12/h2-6,11H,7-10H2,1H3. The van der Waals surface area contributed by atoms with E-state index < -0.39 is 0 Å². The van der Waals surface area contributed by atoms with E-state index in [-0.39, 0.29) is 0 Å². The summed E-state index contributed by atoms with van der Waals surface area (Å²) in [6.07, 6.45) is 0. The molecule has 0 spiro atoms. The van der Waals surface area contributed by atoms with Crippen LogP contribution in [0.15, 0.2) is 30.3 Å². The van der Waals surface area contributed by atoms with Crippen LogP contribution in [-0.2, 0) is 4.74 Å². The fourth-order valence-electron chi connectivity index (χ4n) is 1.06. The quantitative estimate of drug-likeness (QED) is 0.561. The summed E-state index contributed by atoms with van der Waals surface area (Å²) in [5.74, 6) is 1.45. The van der Waals surface area contributed by atoms with E-state index in [9.17, 15) is 0 Å². The number of hydrogen-bond acceptors (Lipinski definition) is 2. The molecular formula is C12H17BrO2. The maximum Gasteiger partial charge on any atom is 0.119 e. The average molecular weight is 273 g/mol. The molecule has 1 unspecified atom stereocenters. The van der Waals surface area contributed by atoms with E-state index in [0.29, 0.717) is 19.1 Å². The highest BCUT2D eigenvalue weighted by atomic mass is 79.9. The number of para-hydroxylation sites is 1. The Kier molecular flexibility index (Phi) is 6.44. The molecule has 0 amide bonds. The van der Waals surface area contributed by atoms with E-state index in [2.05, 4.69) is 22.9 Å². The molecule has 0 aliphatic rings. The smallest absolute Gasteiger partial charge is 0.119 e. The van der Waals surface area contributed by atoms with Crippen LogP contribution < -0.4 is 4.74 Å². The third kappa shape index (κ3) is 5.80. The molecule has 0 saturated heterocycles. The maximum absolute atomic E-state index is 5.48. The number of ether oxygens (including phenoxy) is 2. The fraction of sp³-hybridized carbons (Fsp3) is 0.500. The van der Waals surface area contributed by atoms with Crippen molar-refractivity contribution in [3.05, 3.63) is 30.3 Å². The van der Waals surface area contributed by atoms with Gasteiger partial charge in [-0.05, 0) is 18.1 Å². The second kappa shape index (κ2) is 7.71. The molecule has 1 aromatic rings. The number of hydrogen-bond donors (Lipinski definition) is 0. The second-order valence-corrected chi connectivity index (χ2v) is 4.14. The Balaban J connectivity index is 2.03. The zero-order valence-corrected chi connectivity index (χ0v) is 10.6. The molecule has 0 aliphatic carbocycles.